The standard InChI is InChI=1S/C71H99ClN2O15Si3/c1-20-37-81-58-39-50-40-59(85-48(8)9)64(79-17)63(78-16)53(50)42-54(58)67(76)74-56-43-62(75)82-45-61(83-47-80-44-49-28-30-52(77-15)31-29-49)70(89-92(24-5,25-6)26-7,35-27-38-91(21-2,22-3)23-4)36-34-51-41-60(86-57-33-32-55(56)73-66(57)72)65(87-90(18,19)68(10,11)12)71(51)46-84-69(13,14)88-71/h20,28-33,39-42,48,56,60-61,65H,1,21-26,35,37,43-47H2,2-19H3,(H,74,76)/t56-,60+,61-,65-,70-,71+/m1/s1. The van der Waals surface area contributed by atoms with Crippen molar-refractivity contribution in [2.24, 2.45) is 0 Å². The molecule has 4 heterocycles. The molecule has 6 atom stereocenters. The Morgan fingerprint density at radius 2 is 1.60 bits per heavy atom. The lowest BCUT2D eigenvalue weighted by atomic mass is 9.90. The van der Waals surface area contributed by atoms with Crippen LogP contribution in [0.15, 0.2) is 78.9 Å². The molecule has 3 aromatic carbocycles. The van der Waals surface area contributed by atoms with Crippen molar-refractivity contribution < 1.29 is 70.5 Å². The Bertz CT molecular complexity index is 3380. The minimum absolute atomic E-state index is 0.0478. The number of benzene rings is 3. The quantitative estimate of drug-likeness (QED) is 0.0119. The van der Waals surface area contributed by atoms with E-state index in [4.69, 9.17) is 77.5 Å². The van der Waals surface area contributed by atoms with Gasteiger partial charge in [0.15, 0.2) is 56.0 Å². The molecule has 21 heteroatoms. The Hall–Kier alpha value is -5.89. The van der Waals surface area contributed by atoms with Gasteiger partial charge in [0.25, 0.3) is 5.91 Å². The van der Waals surface area contributed by atoms with Crippen molar-refractivity contribution >= 4 is 59.0 Å². The van der Waals surface area contributed by atoms with E-state index in [1.165, 1.54) is 14.2 Å². The summed E-state index contributed by atoms with van der Waals surface area (Å²) in [6.07, 6.45) is 0.165. The fraction of sp³-hybridized carbons (Fsp3) is 0.563. The number of pyridine rings is 1. The van der Waals surface area contributed by atoms with Crippen molar-refractivity contribution in [2.45, 2.75) is 211 Å². The van der Waals surface area contributed by atoms with Gasteiger partial charge in [-0.1, -0.05) is 111 Å². The minimum Gasteiger partial charge on any atom is -0.497 e. The Kier molecular flexibility index (Phi) is 24.9. The van der Waals surface area contributed by atoms with Crippen molar-refractivity contribution in [1.29, 1.82) is 0 Å². The summed E-state index contributed by atoms with van der Waals surface area (Å²) >= 11 is 7.27. The number of halogens is 1. The molecule has 92 heavy (non-hydrogen) atoms. The second kappa shape index (κ2) is 31.1. The van der Waals surface area contributed by atoms with Gasteiger partial charge >= 0.3 is 5.97 Å². The summed E-state index contributed by atoms with van der Waals surface area (Å²) in [5.74, 6) is 10.9. The molecule has 1 N–H and O–H groups in total. The van der Waals surface area contributed by atoms with E-state index in [1.807, 2.05) is 58.0 Å². The second-order valence-corrected chi connectivity index (χ2v) is 40.9. The van der Waals surface area contributed by atoms with Crippen LogP contribution in [0.5, 0.6) is 34.5 Å². The van der Waals surface area contributed by atoms with Gasteiger partial charge in [-0.2, -0.15) is 0 Å². The van der Waals surface area contributed by atoms with Crippen LogP contribution in [0, 0.1) is 23.3 Å². The van der Waals surface area contributed by atoms with E-state index < -0.39 is 84.3 Å². The molecule has 1 saturated heterocycles. The van der Waals surface area contributed by atoms with E-state index in [1.54, 1.807) is 43.5 Å². The smallest absolute Gasteiger partial charge is 0.308 e. The number of hydrogen-bond donors (Lipinski definition) is 1. The number of methoxy groups -OCH3 is 3. The second-order valence-electron chi connectivity index (χ2n) is 26.1. The van der Waals surface area contributed by atoms with Crippen LogP contribution in [0.4, 0.5) is 0 Å². The van der Waals surface area contributed by atoms with Crippen LogP contribution in [0.1, 0.15) is 131 Å². The Morgan fingerprint density at radius 1 is 0.924 bits per heavy atom. The Balaban J connectivity index is 1.47. The minimum atomic E-state index is -2.76. The lowest BCUT2D eigenvalue weighted by Gasteiger charge is -2.44. The molecule has 1 amide bonds. The maximum atomic E-state index is 15.3. The molecule has 4 aromatic rings. The van der Waals surface area contributed by atoms with E-state index in [-0.39, 0.29) is 78.7 Å². The molecule has 502 valence electrons. The fourth-order valence-electron chi connectivity index (χ4n) is 11.6. The van der Waals surface area contributed by atoms with E-state index >= 15 is 9.59 Å². The molecular formula is C71H99ClN2O15Si3. The average Bonchev–Trinajstić information content (AvgIpc) is 1.54. The number of ether oxygens (including phenoxy) is 11. The monoisotopic (exact) mass is 1340 g/mol. The maximum absolute atomic E-state index is 15.3. The van der Waals surface area contributed by atoms with Crippen molar-refractivity contribution in [3.05, 3.63) is 101 Å². The summed E-state index contributed by atoms with van der Waals surface area (Å²) in [7, 11) is -2.90. The predicted octanol–water partition coefficient (Wildman–Crippen LogP) is 15.0. The van der Waals surface area contributed by atoms with Crippen molar-refractivity contribution in [2.75, 3.05) is 47.9 Å². The van der Waals surface area contributed by atoms with E-state index in [0.717, 1.165) is 41.8 Å². The zero-order valence-electron chi connectivity index (χ0n) is 57.6. The van der Waals surface area contributed by atoms with Gasteiger partial charge in [-0.25, -0.2) is 4.98 Å². The van der Waals surface area contributed by atoms with E-state index in [9.17, 15) is 0 Å². The fourth-order valence-corrected chi connectivity index (χ4v) is 18.6. The molecule has 3 aliphatic heterocycles. The first-order valence-electron chi connectivity index (χ1n) is 32.3. The summed E-state index contributed by atoms with van der Waals surface area (Å²) in [5, 5.41) is 3.97. The SMILES string of the molecule is C=CCOc1cc2cc(OC(C)C)c(OC)c(OC)c2cc1C(=O)N[C@@H]1CC(=O)OC[C@@H](OCOCc2ccc(OC)cc2)[C@](CC#C[Si](CC)(CC)CC)(O[Si](CC)(CC)CC)C#CC2=C[C@H](Oc3ccc1nc3Cl)[C@@H](O[Si](C)(C)C(C)(C)C)[C@]21COC(C)(C)O1. The average molecular weight is 1340 g/mol. The third-order valence-electron chi connectivity index (χ3n) is 18.6. The van der Waals surface area contributed by atoms with Crippen LogP contribution in [-0.4, -0.2) is 131 Å². The highest BCUT2D eigenvalue weighted by atomic mass is 35.5. The van der Waals surface area contributed by atoms with Gasteiger partial charge in [0, 0.05) is 11.0 Å². The van der Waals surface area contributed by atoms with Crippen LogP contribution >= 0.6 is 11.6 Å². The molecule has 4 aliphatic rings. The zero-order chi connectivity index (χ0) is 67.5. The first kappa shape index (κ1) is 73.5. The van der Waals surface area contributed by atoms with Gasteiger partial charge in [-0.3, -0.25) is 9.59 Å². The largest absolute Gasteiger partial charge is 0.497 e. The molecular weight excluding hydrogens is 1240 g/mol. The van der Waals surface area contributed by atoms with Crippen molar-refractivity contribution in [3.63, 3.8) is 0 Å². The Labute approximate surface area is 554 Å². The number of nitrogens with zero attached hydrogens (tertiary/aromatic N) is 1. The lowest BCUT2D eigenvalue weighted by molar-refractivity contribution is -0.173. The number of nitrogens with one attached hydrogen (secondary N) is 1. The van der Waals surface area contributed by atoms with Gasteiger partial charge in [0.2, 0.25) is 5.75 Å². The van der Waals surface area contributed by atoms with Gasteiger partial charge in [0.05, 0.1) is 70.8 Å². The van der Waals surface area contributed by atoms with Gasteiger partial charge in [-0.05, 0) is 142 Å². The van der Waals surface area contributed by atoms with Crippen LogP contribution in [0.25, 0.3) is 10.8 Å². The molecule has 1 fully saturated rings. The summed E-state index contributed by atoms with van der Waals surface area (Å²) < 4.78 is 85.7. The molecule has 8 rings (SSSR count). The normalized spacial score (nSPS) is 21.7. The number of carbonyl (C=O) groups is 2. The number of fused-ring (bicyclic) bond motifs is 10. The zero-order valence-corrected chi connectivity index (χ0v) is 61.3. The molecule has 0 radical (unpaired) electrons. The lowest BCUT2D eigenvalue weighted by Crippen LogP contribution is -2.57. The van der Waals surface area contributed by atoms with Gasteiger partial charge in [0.1, 0.15) is 57.9 Å². The number of hydrogen-bond acceptors (Lipinski definition) is 16. The molecule has 0 unspecified atom stereocenters. The third kappa shape index (κ3) is 16.8. The molecule has 0 saturated carbocycles. The topological polar surface area (TPSA) is 179 Å². The van der Waals surface area contributed by atoms with Crippen LogP contribution < -0.4 is 33.7 Å². The molecule has 4 bridgehead atoms. The highest BCUT2D eigenvalue weighted by Crippen LogP contribution is 2.51. The van der Waals surface area contributed by atoms with Gasteiger partial charge < -0.3 is 66.3 Å². The summed E-state index contributed by atoms with van der Waals surface area (Å²) in [5.41, 5.74) is 2.69. The summed E-state index contributed by atoms with van der Waals surface area (Å²) in [6, 6.07) is 20.0. The maximum Gasteiger partial charge on any atom is 0.308 e. The number of esters is 1. The number of rotatable bonds is 26. The molecule has 1 spiro atoms. The van der Waals surface area contributed by atoms with Crippen LogP contribution in [0.2, 0.25) is 59.5 Å². The van der Waals surface area contributed by atoms with Crippen molar-refractivity contribution in [3.8, 4) is 57.8 Å². The molecule has 1 aromatic heterocycles. The highest BCUT2D eigenvalue weighted by molar-refractivity contribution is 6.87. The summed E-state index contributed by atoms with van der Waals surface area (Å²) in [6.45, 7) is 35.2. The Morgan fingerprint density at radius 3 is 2.17 bits per heavy atom. The highest BCUT2D eigenvalue weighted by Gasteiger charge is 2.62. The van der Waals surface area contributed by atoms with Crippen molar-refractivity contribution in [1.82, 2.24) is 10.3 Å². The predicted molar refractivity (Wildman–Crippen MR) is 368 cm³/mol. The first-order valence-corrected chi connectivity index (χ1v) is 40.8. The number of aromatic nitrogens is 1. The van der Waals surface area contributed by atoms with E-state index in [2.05, 4.69) is 111 Å². The number of carbonyl (C=O) groups excluding carboxylic acids is 2. The molecule has 1 aliphatic carbocycles. The van der Waals surface area contributed by atoms with Gasteiger partial charge in [-0.15, -0.1) is 11.5 Å². The summed E-state index contributed by atoms with van der Waals surface area (Å²) in [4.78, 5) is 35.3. The first-order chi connectivity index (χ1) is 43.6. The molecule has 17 nitrogen and oxygen atoms in total. The van der Waals surface area contributed by atoms with E-state index in [0.29, 0.717) is 39.3 Å². The third-order valence-corrected chi connectivity index (χ3v) is 32.8. The number of amides is 1. The van der Waals surface area contributed by atoms with Crippen LogP contribution in [-0.2, 0) is 43.9 Å². The van der Waals surface area contributed by atoms with Crippen LogP contribution in [0.3, 0.4) is 0 Å².